The van der Waals surface area contributed by atoms with Crippen molar-refractivity contribution in [3.05, 3.63) is 24.9 Å². The zero-order chi connectivity index (χ0) is 12.9. The fraction of sp³-hybridized carbons (Fsp3) is 0.273. The van der Waals surface area contributed by atoms with Gasteiger partial charge in [-0.05, 0) is 50.8 Å². The molecular weight excluding hydrogens is 402 g/mol. The second kappa shape index (κ2) is 4.70. The number of rotatable bonds is 3. The van der Waals surface area contributed by atoms with Gasteiger partial charge < -0.3 is 5.11 Å². The normalized spacial score (nSPS) is 15.0. The van der Waals surface area contributed by atoms with Crippen LogP contribution in [0.5, 0.6) is 0 Å². The standard InChI is InChI=1S/C11H7Br2NO2S2/c12-5-3-6(17-9(5)13)10-14-7(4-1-2-4)8(18-10)11(15)16/h3-4H,1-2H2,(H,15,16). The van der Waals surface area contributed by atoms with Gasteiger partial charge in [-0.2, -0.15) is 0 Å². The van der Waals surface area contributed by atoms with Crippen LogP contribution < -0.4 is 0 Å². The first-order valence-electron chi connectivity index (χ1n) is 5.25. The van der Waals surface area contributed by atoms with Gasteiger partial charge in [-0.15, -0.1) is 22.7 Å². The van der Waals surface area contributed by atoms with Crippen LogP contribution >= 0.6 is 54.5 Å². The fourth-order valence-corrected chi connectivity index (χ4v) is 4.75. The van der Waals surface area contributed by atoms with Crippen LogP contribution in [-0.2, 0) is 0 Å². The third kappa shape index (κ3) is 2.29. The average Bonchev–Trinajstić information content (AvgIpc) is 2.97. The smallest absolute Gasteiger partial charge is 0.347 e. The van der Waals surface area contributed by atoms with E-state index in [-0.39, 0.29) is 0 Å². The summed E-state index contributed by atoms with van der Waals surface area (Å²) in [6, 6.07) is 1.97. The molecular formula is C11H7Br2NO2S2. The van der Waals surface area contributed by atoms with Crippen molar-refractivity contribution < 1.29 is 9.90 Å². The zero-order valence-electron chi connectivity index (χ0n) is 8.94. The van der Waals surface area contributed by atoms with E-state index in [1.807, 2.05) is 6.07 Å². The number of hydrogen-bond donors (Lipinski definition) is 1. The number of hydrogen-bond acceptors (Lipinski definition) is 4. The molecule has 7 heteroatoms. The van der Waals surface area contributed by atoms with Crippen LogP contribution in [0.15, 0.2) is 14.3 Å². The highest BCUT2D eigenvalue weighted by Gasteiger charge is 2.32. The monoisotopic (exact) mass is 407 g/mol. The molecule has 0 saturated heterocycles. The minimum absolute atomic E-state index is 0.355. The highest BCUT2D eigenvalue weighted by molar-refractivity contribution is 9.13. The quantitative estimate of drug-likeness (QED) is 0.779. The Hall–Kier alpha value is -0.240. The van der Waals surface area contributed by atoms with E-state index in [0.29, 0.717) is 10.8 Å². The van der Waals surface area contributed by atoms with E-state index < -0.39 is 5.97 Å². The Balaban J connectivity index is 2.07. The molecule has 1 N–H and O–H groups in total. The van der Waals surface area contributed by atoms with Crippen molar-refractivity contribution in [3.8, 4) is 9.88 Å². The molecule has 2 aromatic heterocycles. The number of thiophene rings is 1. The molecule has 2 aromatic rings. The number of aromatic nitrogens is 1. The van der Waals surface area contributed by atoms with Gasteiger partial charge in [0.2, 0.25) is 0 Å². The van der Waals surface area contributed by atoms with Gasteiger partial charge in [0.25, 0.3) is 0 Å². The van der Waals surface area contributed by atoms with Gasteiger partial charge in [0, 0.05) is 10.4 Å². The predicted octanol–water partition coefficient (Wildman–Crippen LogP) is 4.97. The van der Waals surface area contributed by atoms with Crippen molar-refractivity contribution >= 4 is 60.5 Å². The van der Waals surface area contributed by atoms with Gasteiger partial charge in [0.15, 0.2) is 0 Å². The van der Waals surface area contributed by atoms with Crippen LogP contribution in [0.25, 0.3) is 9.88 Å². The van der Waals surface area contributed by atoms with Crippen molar-refractivity contribution in [1.82, 2.24) is 4.98 Å². The van der Waals surface area contributed by atoms with E-state index >= 15 is 0 Å². The van der Waals surface area contributed by atoms with E-state index in [9.17, 15) is 9.90 Å². The first-order chi connectivity index (χ1) is 8.56. The average molecular weight is 409 g/mol. The van der Waals surface area contributed by atoms with Gasteiger partial charge >= 0.3 is 5.97 Å². The van der Waals surface area contributed by atoms with Gasteiger partial charge in [-0.3, -0.25) is 0 Å². The lowest BCUT2D eigenvalue weighted by atomic mass is 10.2. The largest absolute Gasteiger partial charge is 0.477 e. The molecule has 0 amide bonds. The van der Waals surface area contributed by atoms with Crippen molar-refractivity contribution in [3.63, 3.8) is 0 Å². The molecule has 0 spiro atoms. The third-order valence-electron chi connectivity index (χ3n) is 2.67. The summed E-state index contributed by atoms with van der Waals surface area (Å²) < 4.78 is 1.97. The Bertz CT molecular complexity index is 612. The first kappa shape index (κ1) is 12.8. The Morgan fingerprint density at radius 2 is 2.11 bits per heavy atom. The molecule has 3 rings (SSSR count). The zero-order valence-corrected chi connectivity index (χ0v) is 13.7. The fourth-order valence-electron chi connectivity index (χ4n) is 1.68. The summed E-state index contributed by atoms with van der Waals surface area (Å²) in [5.41, 5.74) is 0.767. The summed E-state index contributed by atoms with van der Waals surface area (Å²) in [7, 11) is 0. The maximum Gasteiger partial charge on any atom is 0.347 e. The van der Waals surface area contributed by atoms with Crippen LogP contribution in [-0.4, -0.2) is 16.1 Å². The number of carboxylic acid groups (broad SMARTS) is 1. The molecule has 0 atom stereocenters. The van der Waals surface area contributed by atoms with Crippen LogP contribution in [0.4, 0.5) is 0 Å². The van der Waals surface area contributed by atoms with Crippen molar-refractivity contribution in [2.45, 2.75) is 18.8 Å². The first-order valence-corrected chi connectivity index (χ1v) is 8.47. The molecule has 1 aliphatic rings. The molecule has 1 aliphatic carbocycles. The van der Waals surface area contributed by atoms with Crippen molar-refractivity contribution in [2.75, 3.05) is 0 Å². The SMILES string of the molecule is O=C(O)c1sc(-c2cc(Br)c(Br)s2)nc1C1CC1. The van der Waals surface area contributed by atoms with Crippen molar-refractivity contribution in [1.29, 1.82) is 0 Å². The number of carboxylic acids is 1. The van der Waals surface area contributed by atoms with Crippen LogP contribution in [0.2, 0.25) is 0 Å². The molecule has 18 heavy (non-hydrogen) atoms. The lowest BCUT2D eigenvalue weighted by Gasteiger charge is -1.91. The summed E-state index contributed by atoms with van der Waals surface area (Å²) >= 11 is 9.70. The number of thiazole rings is 1. The summed E-state index contributed by atoms with van der Waals surface area (Å²) in [6.07, 6.45) is 2.11. The van der Waals surface area contributed by atoms with Crippen LogP contribution in [0.1, 0.15) is 34.1 Å². The second-order valence-electron chi connectivity index (χ2n) is 4.05. The van der Waals surface area contributed by atoms with E-state index in [1.54, 1.807) is 11.3 Å². The molecule has 1 fully saturated rings. The molecule has 2 heterocycles. The van der Waals surface area contributed by atoms with Gasteiger partial charge in [-0.1, -0.05) is 0 Å². The van der Waals surface area contributed by atoms with Gasteiger partial charge in [0.1, 0.15) is 9.88 Å². The number of nitrogens with zero attached hydrogens (tertiary/aromatic N) is 1. The highest BCUT2D eigenvalue weighted by atomic mass is 79.9. The van der Waals surface area contributed by atoms with Crippen LogP contribution in [0.3, 0.4) is 0 Å². The molecule has 94 valence electrons. The van der Waals surface area contributed by atoms with E-state index in [2.05, 4.69) is 36.8 Å². The Kier molecular flexibility index (Phi) is 3.34. The highest BCUT2D eigenvalue weighted by Crippen LogP contribution is 2.46. The molecule has 1 saturated carbocycles. The summed E-state index contributed by atoms with van der Waals surface area (Å²) in [5.74, 6) is -0.511. The summed E-state index contributed by atoms with van der Waals surface area (Å²) in [5, 5.41) is 10.0. The number of aromatic carboxylic acids is 1. The third-order valence-corrected chi connectivity index (χ3v) is 7.15. The van der Waals surface area contributed by atoms with E-state index in [4.69, 9.17) is 0 Å². The van der Waals surface area contributed by atoms with Crippen LogP contribution in [0, 0.1) is 0 Å². The maximum atomic E-state index is 11.2. The molecule has 0 aromatic carbocycles. The van der Waals surface area contributed by atoms with Gasteiger partial charge in [-0.25, -0.2) is 9.78 Å². The lowest BCUT2D eigenvalue weighted by molar-refractivity contribution is 0.0700. The van der Waals surface area contributed by atoms with E-state index in [0.717, 1.165) is 36.7 Å². The minimum Gasteiger partial charge on any atom is -0.477 e. The number of carbonyl (C=O) groups is 1. The molecule has 3 nitrogen and oxygen atoms in total. The molecule has 0 radical (unpaired) electrons. The second-order valence-corrected chi connectivity index (χ2v) is 8.27. The Morgan fingerprint density at radius 3 is 2.61 bits per heavy atom. The van der Waals surface area contributed by atoms with Crippen molar-refractivity contribution in [2.24, 2.45) is 0 Å². The maximum absolute atomic E-state index is 11.2. The Labute approximate surface area is 128 Å². The minimum atomic E-state index is -0.865. The number of halogens is 2. The van der Waals surface area contributed by atoms with E-state index in [1.165, 1.54) is 11.3 Å². The molecule has 0 aliphatic heterocycles. The Morgan fingerprint density at radius 1 is 1.39 bits per heavy atom. The predicted molar refractivity (Wildman–Crippen MR) is 79.8 cm³/mol. The molecule has 0 bridgehead atoms. The summed E-state index contributed by atoms with van der Waals surface area (Å²) in [6.45, 7) is 0. The van der Waals surface area contributed by atoms with Gasteiger partial charge in [0.05, 0.1) is 14.4 Å². The molecule has 0 unspecified atom stereocenters. The lowest BCUT2D eigenvalue weighted by Crippen LogP contribution is -1.97. The topological polar surface area (TPSA) is 50.2 Å². The summed E-state index contributed by atoms with van der Waals surface area (Å²) in [4.78, 5) is 17.1.